The fourth-order valence-electron chi connectivity index (χ4n) is 3.50. The molecule has 0 spiro atoms. The number of ether oxygens (including phenoxy) is 1. The molecule has 1 saturated heterocycles. The van der Waals surface area contributed by atoms with E-state index in [1.54, 1.807) is 28.6 Å². The average Bonchev–Trinajstić information content (AvgIpc) is 3.39. The van der Waals surface area contributed by atoms with Gasteiger partial charge >= 0.3 is 0 Å². The molecule has 1 heterocycles. The molecule has 0 bridgehead atoms. The minimum atomic E-state index is -3.53. The molecule has 1 aromatic rings. The number of benzene rings is 1. The molecule has 1 aliphatic heterocycles. The van der Waals surface area contributed by atoms with Crippen LogP contribution >= 0.6 is 0 Å². The number of rotatable bonds is 7. The van der Waals surface area contributed by atoms with E-state index in [9.17, 15) is 13.2 Å². The van der Waals surface area contributed by atoms with E-state index in [1.807, 2.05) is 13.8 Å². The van der Waals surface area contributed by atoms with Gasteiger partial charge in [-0.25, -0.2) is 8.42 Å². The molecule has 6 nitrogen and oxygen atoms in total. The van der Waals surface area contributed by atoms with E-state index in [0.717, 1.165) is 19.3 Å². The third-order valence-corrected chi connectivity index (χ3v) is 7.25. The Kier molecular flexibility index (Phi) is 5.99. The van der Waals surface area contributed by atoms with Crippen molar-refractivity contribution in [3.8, 4) is 0 Å². The van der Waals surface area contributed by atoms with Gasteiger partial charge < -0.3 is 10.1 Å². The predicted molar refractivity (Wildman–Crippen MR) is 100 cm³/mol. The second-order valence-electron chi connectivity index (χ2n) is 7.49. The maximum atomic E-state index is 13.0. The first-order chi connectivity index (χ1) is 12.4. The predicted octanol–water partition coefficient (Wildman–Crippen LogP) is 3.00. The maximum Gasteiger partial charge on any atom is 0.250 e. The number of hydrogen-bond donors (Lipinski definition) is 1. The van der Waals surface area contributed by atoms with Crippen LogP contribution in [0.3, 0.4) is 0 Å². The molecule has 1 N–H and O–H groups in total. The van der Waals surface area contributed by atoms with E-state index >= 15 is 0 Å². The average molecular weight is 381 g/mol. The molecule has 1 saturated carbocycles. The minimum absolute atomic E-state index is 0.00625. The highest BCUT2D eigenvalue weighted by molar-refractivity contribution is 7.89. The molecule has 3 rings (SSSR count). The Balaban J connectivity index is 1.61. The smallest absolute Gasteiger partial charge is 0.250 e. The second kappa shape index (κ2) is 8.06. The zero-order chi connectivity index (χ0) is 18.7. The number of anilines is 1. The van der Waals surface area contributed by atoms with Crippen LogP contribution in [0.4, 0.5) is 5.69 Å². The van der Waals surface area contributed by atoms with Crippen molar-refractivity contribution in [3.63, 3.8) is 0 Å². The molecule has 1 amide bonds. The van der Waals surface area contributed by atoms with Gasteiger partial charge in [-0.3, -0.25) is 4.79 Å². The summed E-state index contributed by atoms with van der Waals surface area (Å²) in [4.78, 5) is 12.1. The molecule has 144 valence electrons. The summed E-state index contributed by atoms with van der Waals surface area (Å²) in [7, 11) is -3.53. The number of hydrogen-bond acceptors (Lipinski definition) is 4. The first kappa shape index (κ1) is 19.3. The fraction of sp³-hybridized carbons (Fsp3) is 0.632. The summed E-state index contributed by atoms with van der Waals surface area (Å²) < 4.78 is 32.9. The molecular weight excluding hydrogens is 352 g/mol. The monoisotopic (exact) mass is 380 g/mol. The van der Waals surface area contributed by atoms with Gasteiger partial charge in [-0.15, -0.1) is 0 Å². The first-order valence-electron chi connectivity index (χ1n) is 9.39. The van der Waals surface area contributed by atoms with Gasteiger partial charge in [0.1, 0.15) is 6.61 Å². The third-order valence-electron chi connectivity index (χ3n) is 5.11. The molecule has 2 aliphatic rings. The van der Waals surface area contributed by atoms with Crippen LogP contribution in [-0.2, 0) is 19.6 Å². The van der Waals surface area contributed by atoms with Gasteiger partial charge in [-0.05, 0) is 69.7 Å². The lowest BCUT2D eigenvalue weighted by atomic mass is 10.0. The van der Waals surface area contributed by atoms with Crippen LogP contribution in [0.1, 0.15) is 46.0 Å². The van der Waals surface area contributed by atoms with E-state index in [2.05, 4.69) is 5.32 Å². The van der Waals surface area contributed by atoms with Crippen molar-refractivity contribution >= 4 is 21.6 Å². The highest BCUT2D eigenvalue weighted by Crippen LogP contribution is 2.30. The van der Waals surface area contributed by atoms with Crippen LogP contribution < -0.4 is 5.32 Å². The van der Waals surface area contributed by atoms with Gasteiger partial charge in [-0.1, -0.05) is 6.42 Å². The summed E-state index contributed by atoms with van der Waals surface area (Å²) in [6.45, 7) is 4.59. The van der Waals surface area contributed by atoms with E-state index in [-0.39, 0.29) is 29.5 Å². The Hall–Kier alpha value is -1.44. The van der Waals surface area contributed by atoms with E-state index in [1.165, 1.54) is 12.8 Å². The topological polar surface area (TPSA) is 75.7 Å². The van der Waals surface area contributed by atoms with Gasteiger partial charge in [0, 0.05) is 17.8 Å². The van der Waals surface area contributed by atoms with E-state index in [0.29, 0.717) is 18.2 Å². The number of nitrogens with one attached hydrogen (secondary N) is 1. The molecule has 1 aromatic carbocycles. The van der Waals surface area contributed by atoms with Crippen molar-refractivity contribution in [2.45, 2.75) is 62.9 Å². The number of nitrogens with zero attached hydrogens (tertiary/aromatic N) is 1. The van der Waals surface area contributed by atoms with Crippen molar-refractivity contribution in [1.82, 2.24) is 4.31 Å². The van der Waals surface area contributed by atoms with E-state index in [4.69, 9.17) is 4.74 Å². The van der Waals surface area contributed by atoms with Crippen molar-refractivity contribution in [2.75, 3.05) is 18.5 Å². The van der Waals surface area contributed by atoms with Crippen LogP contribution in [-0.4, -0.2) is 43.9 Å². The summed E-state index contributed by atoms with van der Waals surface area (Å²) in [6, 6.07) is 6.39. The Morgan fingerprint density at radius 2 is 1.73 bits per heavy atom. The molecule has 2 atom stereocenters. The summed E-state index contributed by atoms with van der Waals surface area (Å²) in [6.07, 6.45) is 5.21. The standard InChI is InChI=1S/C19H28N2O4S/c1-14-4-3-5-15(2)21(14)26(23,24)18-10-8-17(9-11-18)20-19(22)13-25-12-16-6-7-16/h8-11,14-16H,3-7,12-13H2,1-2H3,(H,20,22)/t14-,15+. The molecule has 7 heteroatoms. The zero-order valence-electron chi connectivity index (χ0n) is 15.5. The molecule has 26 heavy (non-hydrogen) atoms. The van der Waals surface area contributed by atoms with Gasteiger partial charge in [0.25, 0.3) is 0 Å². The number of piperidine rings is 1. The van der Waals surface area contributed by atoms with Gasteiger partial charge in [0.15, 0.2) is 0 Å². The first-order valence-corrected chi connectivity index (χ1v) is 10.8. The lowest BCUT2D eigenvalue weighted by Gasteiger charge is -2.37. The van der Waals surface area contributed by atoms with Gasteiger partial charge in [0.2, 0.25) is 15.9 Å². The quantitative estimate of drug-likeness (QED) is 0.789. The Labute approximate surface area is 156 Å². The van der Waals surface area contributed by atoms with Crippen LogP contribution in [0.2, 0.25) is 0 Å². The van der Waals surface area contributed by atoms with Gasteiger partial charge in [-0.2, -0.15) is 4.31 Å². The van der Waals surface area contributed by atoms with Crippen LogP contribution in [0, 0.1) is 5.92 Å². The third kappa shape index (κ3) is 4.64. The summed E-state index contributed by atoms with van der Waals surface area (Å²) >= 11 is 0. The molecule has 2 fully saturated rings. The van der Waals surface area contributed by atoms with Crippen LogP contribution in [0.25, 0.3) is 0 Å². The number of carbonyl (C=O) groups excluding carboxylic acids is 1. The highest BCUT2D eigenvalue weighted by Gasteiger charge is 2.35. The molecule has 0 aromatic heterocycles. The van der Waals surface area contributed by atoms with Crippen molar-refractivity contribution in [1.29, 1.82) is 0 Å². The van der Waals surface area contributed by atoms with Crippen LogP contribution in [0.15, 0.2) is 29.2 Å². The zero-order valence-corrected chi connectivity index (χ0v) is 16.3. The van der Waals surface area contributed by atoms with Crippen molar-refractivity contribution in [3.05, 3.63) is 24.3 Å². The second-order valence-corrected chi connectivity index (χ2v) is 9.34. The lowest BCUT2D eigenvalue weighted by Crippen LogP contribution is -2.47. The molecule has 1 aliphatic carbocycles. The maximum absolute atomic E-state index is 13.0. The Morgan fingerprint density at radius 3 is 2.31 bits per heavy atom. The summed E-state index contributed by atoms with van der Waals surface area (Å²) in [5, 5.41) is 2.74. The summed E-state index contributed by atoms with van der Waals surface area (Å²) in [5.41, 5.74) is 0.573. The highest BCUT2D eigenvalue weighted by atomic mass is 32.2. The van der Waals surface area contributed by atoms with E-state index < -0.39 is 10.0 Å². The fourth-order valence-corrected chi connectivity index (χ4v) is 5.39. The number of amides is 1. The van der Waals surface area contributed by atoms with Gasteiger partial charge in [0.05, 0.1) is 11.5 Å². The number of sulfonamides is 1. The Morgan fingerprint density at radius 1 is 1.12 bits per heavy atom. The Bertz CT molecular complexity index is 718. The van der Waals surface area contributed by atoms with Crippen molar-refractivity contribution < 1.29 is 17.9 Å². The molecule has 0 radical (unpaired) electrons. The summed E-state index contributed by atoms with van der Waals surface area (Å²) in [5.74, 6) is 0.395. The lowest BCUT2D eigenvalue weighted by molar-refractivity contribution is -0.120. The molecular formula is C19H28N2O4S. The normalized spacial score (nSPS) is 24.4. The van der Waals surface area contributed by atoms with Crippen molar-refractivity contribution in [2.24, 2.45) is 5.92 Å². The number of carbonyl (C=O) groups is 1. The SMILES string of the molecule is C[C@@H]1CCC[C@H](C)N1S(=O)(=O)c1ccc(NC(=O)COCC2CC2)cc1. The molecule has 0 unspecified atom stereocenters. The largest absolute Gasteiger partial charge is 0.371 e. The van der Waals surface area contributed by atoms with Crippen LogP contribution in [0.5, 0.6) is 0 Å². The minimum Gasteiger partial charge on any atom is -0.371 e.